The van der Waals surface area contributed by atoms with Crippen LogP contribution in [0.2, 0.25) is 0 Å². The maximum absolute atomic E-state index is 13.8. The van der Waals surface area contributed by atoms with Crippen LogP contribution in [0.1, 0.15) is 17.9 Å². The van der Waals surface area contributed by atoms with Crippen LogP contribution < -0.4 is 5.32 Å². The number of benzene rings is 2. The van der Waals surface area contributed by atoms with Gasteiger partial charge < -0.3 is 9.73 Å². The van der Waals surface area contributed by atoms with E-state index in [4.69, 9.17) is 9.68 Å². The summed E-state index contributed by atoms with van der Waals surface area (Å²) in [6.07, 6.45) is 2.03. The molecule has 1 N–H and O–H groups in total. The van der Waals surface area contributed by atoms with Gasteiger partial charge in [-0.2, -0.15) is 5.26 Å². The van der Waals surface area contributed by atoms with Crippen LogP contribution in [0.15, 0.2) is 53.1 Å². The Morgan fingerprint density at radius 1 is 1.19 bits per heavy atom. The molecule has 0 unspecified atom stereocenters. The van der Waals surface area contributed by atoms with Crippen LogP contribution in [0, 0.1) is 23.0 Å². The molecular weight excluding hydrogens is 352 g/mol. The Hall–Kier alpha value is -3.53. The number of nitriles is 1. The fraction of sp³-hybridized carbons (Fsp3) is 0.150. The van der Waals surface area contributed by atoms with Gasteiger partial charge in [-0.05, 0) is 29.8 Å². The molecule has 0 aliphatic rings. The van der Waals surface area contributed by atoms with Gasteiger partial charge in [0, 0.05) is 24.6 Å². The number of nitrogens with zero attached hydrogens (tertiary/aromatic N) is 2. The highest BCUT2D eigenvalue weighted by molar-refractivity contribution is 5.90. The molecule has 27 heavy (non-hydrogen) atoms. The van der Waals surface area contributed by atoms with Gasteiger partial charge in [-0.15, -0.1) is 0 Å². The quantitative estimate of drug-likeness (QED) is 0.706. The highest BCUT2D eigenvalue weighted by atomic mass is 19.1. The van der Waals surface area contributed by atoms with Gasteiger partial charge in [0.1, 0.15) is 11.6 Å². The minimum Gasteiger partial charge on any atom is -0.441 e. The van der Waals surface area contributed by atoms with Crippen LogP contribution >= 0.6 is 0 Å². The molecule has 0 aliphatic heterocycles. The van der Waals surface area contributed by atoms with Gasteiger partial charge >= 0.3 is 0 Å². The number of carbonyl (C=O) groups is 1. The lowest BCUT2D eigenvalue weighted by molar-refractivity contribution is -0.116. The minimum absolute atomic E-state index is 0.108. The molecule has 1 heterocycles. The summed E-state index contributed by atoms with van der Waals surface area (Å²) < 4.78 is 32.2. The van der Waals surface area contributed by atoms with E-state index in [1.165, 1.54) is 12.3 Å². The first-order valence-corrected chi connectivity index (χ1v) is 8.21. The van der Waals surface area contributed by atoms with Gasteiger partial charge in [-0.3, -0.25) is 4.79 Å². The van der Waals surface area contributed by atoms with E-state index in [1.54, 1.807) is 24.3 Å². The van der Waals surface area contributed by atoms with Crippen LogP contribution in [-0.2, 0) is 17.6 Å². The molecule has 0 atom stereocenters. The van der Waals surface area contributed by atoms with Crippen molar-refractivity contribution in [2.75, 3.05) is 5.32 Å². The Morgan fingerprint density at radius 3 is 2.67 bits per heavy atom. The van der Waals surface area contributed by atoms with Gasteiger partial charge in [0.25, 0.3) is 0 Å². The summed E-state index contributed by atoms with van der Waals surface area (Å²) >= 11 is 0. The van der Waals surface area contributed by atoms with Crippen molar-refractivity contribution >= 4 is 11.6 Å². The average Bonchev–Trinajstić information content (AvgIpc) is 3.10. The Bertz CT molecular complexity index is 991. The summed E-state index contributed by atoms with van der Waals surface area (Å²) in [6.45, 7) is 0. The molecule has 1 amide bonds. The number of carbonyl (C=O) groups excluding carboxylic acids is 1. The molecule has 2 aromatic carbocycles. The fourth-order valence-corrected chi connectivity index (χ4v) is 2.48. The Balaban J connectivity index is 1.56. The summed E-state index contributed by atoms with van der Waals surface area (Å²) in [5, 5.41) is 11.4. The first-order valence-electron chi connectivity index (χ1n) is 8.21. The molecule has 0 spiro atoms. The van der Waals surface area contributed by atoms with E-state index in [-0.39, 0.29) is 36.0 Å². The standard InChI is InChI=1S/C20H15F2N3O2/c21-14-3-6-16(17(22)11-14)18-12-24-20(27-18)8-7-19(26)25-15-4-1-13(2-5-15)9-10-23/h1-6,11-12H,7-9H2,(H,25,26). The van der Waals surface area contributed by atoms with Gasteiger partial charge in [0.2, 0.25) is 5.91 Å². The van der Waals surface area contributed by atoms with Gasteiger partial charge in [-0.25, -0.2) is 13.8 Å². The number of anilines is 1. The number of amides is 1. The van der Waals surface area contributed by atoms with Crippen LogP contribution in [0.3, 0.4) is 0 Å². The van der Waals surface area contributed by atoms with Gasteiger partial charge in [0.15, 0.2) is 11.7 Å². The molecule has 1 aromatic heterocycles. The van der Waals surface area contributed by atoms with Gasteiger partial charge in [0.05, 0.1) is 24.3 Å². The second-order valence-electron chi connectivity index (χ2n) is 5.82. The first kappa shape index (κ1) is 18.3. The molecule has 3 aromatic rings. The third-order valence-corrected chi connectivity index (χ3v) is 3.84. The van der Waals surface area contributed by atoms with E-state index in [0.29, 0.717) is 12.1 Å². The summed E-state index contributed by atoms with van der Waals surface area (Å²) in [5.74, 6) is -1.18. The molecular formula is C20H15F2N3O2. The van der Waals surface area contributed by atoms with Gasteiger partial charge in [-0.1, -0.05) is 12.1 Å². The number of hydrogen-bond acceptors (Lipinski definition) is 4. The number of nitrogens with one attached hydrogen (secondary N) is 1. The Labute approximate surface area is 154 Å². The predicted molar refractivity (Wildman–Crippen MR) is 94.6 cm³/mol. The SMILES string of the molecule is N#CCc1ccc(NC(=O)CCc2ncc(-c3ccc(F)cc3F)o2)cc1. The van der Waals surface area contributed by atoms with Crippen molar-refractivity contribution in [2.24, 2.45) is 0 Å². The summed E-state index contributed by atoms with van der Waals surface area (Å²) in [5.41, 5.74) is 1.61. The summed E-state index contributed by atoms with van der Waals surface area (Å²) in [7, 11) is 0. The largest absolute Gasteiger partial charge is 0.441 e. The molecule has 0 saturated heterocycles. The summed E-state index contributed by atoms with van der Waals surface area (Å²) in [4.78, 5) is 16.1. The molecule has 0 fully saturated rings. The van der Waals surface area contributed by atoms with E-state index in [2.05, 4.69) is 16.4 Å². The topological polar surface area (TPSA) is 78.9 Å². The molecule has 5 nitrogen and oxygen atoms in total. The molecule has 0 saturated carbocycles. The fourth-order valence-electron chi connectivity index (χ4n) is 2.48. The first-order chi connectivity index (χ1) is 13.0. The van der Waals surface area contributed by atoms with Crippen LogP contribution in [0.4, 0.5) is 14.5 Å². The average molecular weight is 367 g/mol. The molecule has 0 aliphatic carbocycles. The van der Waals surface area contributed by atoms with Crippen LogP contribution in [0.5, 0.6) is 0 Å². The number of hydrogen-bond donors (Lipinski definition) is 1. The third kappa shape index (κ3) is 4.76. The number of rotatable bonds is 6. The van der Waals surface area contributed by atoms with Crippen LogP contribution in [0.25, 0.3) is 11.3 Å². The monoisotopic (exact) mass is 367 g/mol. The van der Waals surface area contributed by atoms with Crippen molar-refractivity contribution in [2.45, 2.75) is 19.3 Å². The van der Waals surface area contributed by atoms with E-state index < -0.39 is 11.6 Å². The van der Waals surface area contributed by atoms with Crippen LogP contribution in [-0.4, -0.2) is 10.9 Å². The molecule has 7 heteroatoms. The highest BCUT2D eigenvalue weighted by Gasteiger charge is 2.13. The number of aromatic nitrogens is 1. The smallest absolute Gasteiger partial charge is 0.224 e. The third-order valence-electron chi connectivity index (χ3n) is 3.84. The maximum atomic E-state index is 13.8. The second kappa shape index (κ2) is 8.23. The van der Waals surface area contributed by atoms with Crippen molar-refractivity contribution in [1.29, 1.82) is 5.26 Å². The molecule has 0 bridgehead atoms. The minimum atomic E-state index is -0.740. The number of halogens is 2. The lowest BCUT2D eigenvalue weighted by Gasteiger charge is -2.05. The summed E-state index contributed by atoms with van der Waals surface area (Å²) in [6, 6.07) is 12.2. The van der Waals surface area contributed by atoms with Crippen molar-refractivity contribution in [3.8, 4) is 17.4 Å². The van der Waals surface area contributed by atoms with Crippen molar-refractivity contribution in [3.63, 3.8) is 0 Å². The van der Waals surface area contributed by atoms with E-state index in [0.717, 1.165) is 17.7 Å². The van der Waals surface area contributed by atoms with Crippen molar-refractivity contribution in [3.05, 3.63) is 71.8 Å². The zero-order valence-corrected chi connectivity index (χ0v) is 14.2. The second-order valence-corrected chi connectivity index (χ2v) is 5.82. The lowest BCUT2D eigenvalue weighted by Crippen LogP contribution is -2.12. The molecule has 136 valence electrons. The highest BCUT2D eigenvalue weighted by Crippen LogP contribution is 2.24. The molecule has 0 radical (unpaired) electrons. The van der Waals surface area contributed by atoms with E-state index in [1.807, 2.05) is 0 Å². The van der Waals surface area contributed by atoms with Crippen molar-refractivity contribution in [1.82, 2.24) is 4.98 Å². The Kier molecular flexibility index (Phi) is 5.57. The normalized spacial score (nSPS) is 10.4. The number of aryl methyl sites for hydroxylation is 1. The van der Waals surface area contributed by atoms with E-state index in [9.17, 15) is 13.6 Å². The maximum Gasteiger partial charge on any atom is 0.224 e. The zero-order chi connectivity index (χ0) is 19.2. The lowest BCUT2D eigenvalue weighted by atomic mass is 10.1. The Morgan fingerprint density at radius 2 is 1.96 bits per heavy atom. The number of oxazole rings is 1. The van der Waals surface area contributed by atoms with E-state index >= 15 is 0 Å². The van der Waals surface area contributed by atoms with Crippen molar-refractivity contribution < 1.29 is 18.0 Å². The predicted octanol–water partition coefficient (Wildman–Crippen LogP) is 4.26. The zero-order valence-electron chi connectivity index (χ0n) is 14.2. The molecule has 3 rings (SSSR count).